The normalized spacial score (nSPS) is 14.1. The number of rotatable bonds is 5. The van der Waals surface area contributed by atoms with Crippen molar-refractivity contribution >= 4 is 11.6 Å². The van der Waals surface area contributed by atoms with Crippen LogP contribution in [-0.2, 0) is 19.4 Å². The Morgan fingerprint density at radius 1 is 1.32 bits per heavy atom. The number of pyridine rings is 1. The third-order valence-electron chi connectivity index (χ3n) is 4.62. The molecule has 0 aromatic carbocycles. The fourth-order valence-corrected chi connectivity index (χ4v) is 3.29. The van der Waals surface area contributed by atoms with Gasteiger partial charge in [-0.05, 0) is 57.2 Å². The summed E-state index contributed by atoms with van der Waals surface area (Å²) in [4.78, 5) is 18.5. The summed E-state index contributed by atoms with van der Waals surface area (Å²) in [5, 5.41) is 10.6. The van der Waals surface area contributed by atoms with Gasteiger partial charge in [-0.25, -0.2) is 0 Å². The molecule has 2 aromatic heterocycles. The van der Waals surface area contributed by atoms with Crippen LogP contribution in [0.3, 0.4) is 0 Å². The summed E-state index contributed by atoms with van der Waals surface area (Å²) in [6.45, 7) is 4.61. The van der Waals surface area contributed by atoms with E-state index in [1.54, 1.807) is 6.20 Å². The number of amides is 1. The molecule has 3 rings (SSSR count). The molecule has 0 aliphatic heterocycles. The zero-order valence-corrected chi connectivity index (χ0v) is 15.3. The van der Waals surface area contributed by atoms with Gasteiger partial charge in [0, 0.05) is 30.7 Å². The fraction of sp³-hybridized carbons (Fsp3) is 0.526. The Kier molecular flexibility index (Phi) is 5.36. The summed E-state index contributed by atoms with van der Waals surface area (Å²) >= 11 is 0. The first-order valence-corrected chi connectivity index (χ1v) is 9.07. The average molecular weight is 341 g/mol. The van der Waals surface area contributed by atoms with Gasteiger partial charge in [0.05, 0.1) is 12.2 Å². The molecule has 0 saturated heterocycles. The third kappa shape index (κ3) is 4.18. The third-order valence-corrected chi connectivity index (χ3v) is 4.62. The highest BCUT2D eigenvalue weighted by Gasteiger charge is 2.17. The van der Waals surface area contributed by atoms with Gasteiger partial charge >= 0.3 is 0 Å². The minimum absolute atomic E-state index is 0.0928. The van der Waals surface area contributed by atoms with Crippen molar-refractivity contribution in [3.8, 4) is 0 Å². The molecule has 25 heavy (non-hydrogen) atoms. The zero-order chi connectivity index (χ0) is 17.8. The molecule has 0 radical (unpaired) electrons. The number of carbonyl (C=O) groups excluding carboxylic acids is 1. The maximum absolute atomic E-state index is 12.2. The van der Waals surface area contributed by atoms with Crippen molar-refractivity contribution in [3.63, 3.8) is 0 Å². The molecule has 6 heteroatoms. The van der Waals surface area contributed by atoms with Gasteiger partial charge in [-0.2, -0.15) is 5.10 Å². The van der Waals surface area contributed by atoms with E-state index in [4.69, 9.17) is 0 Å². The summed E-state index contributed by atoms with van der Waals surface area (Å²) in [6.07, 6.45) is 7.65. The van der Waals surface area contributed by atoms with E-state index < -0.39 is 0 Å². The van der Waals surface area contributed by atoms with Crippen LogP contribution in [0.2, 0.25) is 0 Å². The van der Waals surface area contributed by atoms with Crippen LogP contribution >= 0.6 is 0 Å². The van der Waals surface area contributed by atoms with E-state index in [2.05, 4.69) is 25.4 Å². The predicted octanol–water partition coefficient (Wildman–Crippen LogP) is 2.85. The Balaban J connectivity index is 1.74. The van der Waals surface area contributed by atoms with E-state index in [-0.39, 0.29) is 11.9 Å². The van der Waals surface area contributed by atoms with E-state index in [0.29, 0.717) is 5.69 Å². The maximum Gasteiger partial charge on any atom is 0.270 e. The SMILES string of the molecule is CC(C)NC(=O)c1cc(N(C)Cc2n[nH]c3c2CCCCC3)ccn1. The first-order valence-electron chi connectivity index (χ1n) is 9.07. The second-order valence-electron chi connectivity index (χ2n) is 7.07. The molecule has 0 unspecified atom stereocenters. The summed E-state index contributed by atoms with van der Waals surface area (Å²) in [7, 11) is 2.03. The Bertz CT molecular complexity index is 737. The van der Waals surface area contributed by atoms with Crippen LogP contribution in [-0.4, -0.2) is 34.2 Å². The Hall–Kier alpha value is -2.37. The predicted molar refractivity (Wildman–Crippen MR) is 98.8 cm³/mol. The molecule has 0 atom stereocenters. The minimum Gasteiger partial charge on any atom is -0.368 e. The lowest BCUT2D eigenvalue weighted by atomic mass is 10.1. The van der Waals surface area contributed by atoms with Crippen molar-refractivity contribution in [1.82, 2.24) is 20.5 Å². The number of fused-ring (bicyclic) bond motifs is 1. The van der Waals surface area contributed by atoms with E-state index in [0.717, 1.165) is 30.8 Å². The molecule has 1 amide bonds. The molecular formula is C19H27N5O. The minimum atomic E-state index is -0.140. The number of anilines is 1. The lowest BCUT2D eigenvalue weighted by Crippen LogP contribution is -2.31. The van der Waals surface area contributed by atoms with Gasteiger partial charge in [0.1, 0.15) is 5.69 Å². The van der Waals surface area contributed by atoms with E-state index in [1.165, 1.54) is 30.5 Å². The van der Waals surface area contributed by atoms with Crippen LogP contribution in [0, 0.1) is 0 Å². The van der Waals surface area contributed by atoms with Crippen LogP contribution < -0.4 is 10.2 Å². The van der Waals surface area contributed by atoms with E-state index >= 15 is 0 Å². The molecule has 0 fully saturated rings. The van der Waals surface area contributed by atoms with Gasteiger partial charge < -0.3 is 10.2 Å². The van der Waals surface area contributed by atoms with Crippen molar-refractivity contribution in [2.45, 2.75) is 58.5 Å². The Morgan fingerprint density at radius 3 is 2.92 bits per heavy atom. The molecule has 134 valence electrons. The number of aryl methyl sites for hydroxylation is 1. The van der Waals surface area contributed by atoms with Crippen LogP contribution in [0.25, 0.3) is 0 Å². The number of hydrogen-bond acceptors (Lipinski definition) is 4. The summed E-state index contributed by atoms with van der Waals surface area (Å²) in [5.41, 5.74) is 5.21. The number of H-pyrrole nitrogens is 1. The largest absolute Gasteiger partial charge is 0.368 e. The lowest BCUT2D eigenvalue weighted by Gasteiger charge is -2.19. The smallest absolute Gasteiger partial charge is 0.270 e. The molecule has 2 heterocycles. The van der Waals surface area contributed by atoms with Crippen LogP contribution in [0.1, 0.15) is 60.5 Å². The molecular weight excluding hydrogens is 314 g/mol. The second kappa shape index (κ2) is 7.68. The number of nitrogens with zero attached hydrogens (tertiary/aromatic N) is 3. The van der Waals surface area contributed by atoms with Gasteiger partial charge in [-0.15, -0.1) is 0 Å². The topological polar surface area (TPSA) is 73.9 Å². The quantitative estimate of drug-likeness (QED) is 0.820. The highest BCUT2D eigenvalue weighted by molar-refractivity contribution is 5.93. The highest BCUT2D eigenvalue weighted by atomic mass is 16.1. The molecule has 0 bridgehead atoms. The molecule has 2 N–H and O–H groups in total. The van der Waals surface area contributed by atoms with Gasteiger partial charge in [0.15, 0.2) is 0 Å². The first kappa shape index (κ1) is 17.5. The number of hydrogen-bond donors (Lipinski definition) is 2. The Morgan fingerprint density at radius 2 is 2.12 bits per heavy atom. The number of carbonyl (C=O) groups is 1. The van der Waals surface area contributed by atoms with Crippen molar-refractivity contribution in [3.05, 3.63) is 41.0 Å². The number of aromatic amines is 1. The van der Waals surface area contributed by atoms with E-state index in [1.807, 2.05) is 33.0 Å². The van der Waals surface area contributed by atoms with Crippen molar-refractivity contribution in [2.24, 2.45) is 0 Å². The van der Waals surface area contributed by atoms with Gasteiger partial charge in [-0.1, -0.05) is 6.42 Å². The highest BCUT2D eigenvalue weighted by Crippen LogP contribution is 2.24. The molecule has 0 saturated carbocycles. The van der Waals surface area contributed by atoms with Crippen molar-refractivity contribution < 1.29 is 4.79 Å². The lowest BCUT2D eigenvalue weighted by molar-refractivity contribution is 0.0938. The number of nitrogens with one attached hydrogen (secondary N) is 2. The number of aromatic nitrogens is 3. The fourth-order valence-electron chi connectivity index (χ4n) is 3.29. The molecule has 6 nitrogen and oxygen atoms in total. The van der Waals surface area contributed by atoms with Crippen LogP contribution in [0.5, 0.6) is 0 Å². The average Bonchev–Trinajstić information content (AvgIpc) is 2.81. The van der Waals surface area contributed by atoms with Crippen LogP contribution in [0.4, 0.5) is 5.69 Å². The molecule has 1 aliphatic carbocycles. The monoisotopic (exact) mass is 341 g/mol. The summed E-state index contributed by atoms with van der Waals surface area (Å²) in [6, 6.07) is 3.86. The summed E-state index contributed by atoms with van der Waals surface area (Å²) < 4.78 is 0. The van der Waals surface area contributed by atoms with Crippen molar-refractivity contribution in [2.75, 3.05) is 11.9 Å². The van der Waals surface area contributed by atoms with Gasteiger partial charge in [0.25, 0.3) is 5.91 Å². The van der Waals surface area contributed by atoms with Crippen LogP contribution in [0.15, 0.2) is 18.3 Å². The molecule has 1 aliphatic rings. The summed E-state index contributed by atoms with van der Waals surface area (Å²) in [5.74, 6) is -0.140. The zero-order valence-electron chi connectivity index (χ0n) is 15.3. The molecule has 0 spiro atoms. The van der Waals surface area contributed by atoms with E-state index in [9.17, 15) is 4.79 Å². The molecule has 2 aromatic rings. The Labute approximate surface area is 149 Å². The van der Waals surface area contributed by atoms with Gasteiger partial charge in [-0.3, -0.25) is 14.9 Å². The standard InChI is InChI=1S/C19H27N5O/c1-13(2)21-19(25)17-11-14(9-10-20-17)24(3)12-18-15-7-5-4-6-8-16(15)22-23-18/h9-11,13H,4-8,12H2,1-3H3,(H,21,25)(H,22,23). The maximum atomic E-state index is 12.2. The first-order chi connectivity index (χ1) is 12.0. The van der Waals surface area contributed by atoms with Crippen molar-refractivity contribution in [1.29, 1.82) is 0 Å². The second-order valence-corrected chi connectivity index (χ2v) is 7.07. The van der Waals surface area contributed by atoms with Gasteiger partial charge in [0.2, 0.25) is 0 Å².